The lowest BCUT2D eigenvalue weighted by Gasteiger charge is -2.55. The first kappa shape index (κ1) is 8.28. The van der Waals surface area contributed by atoms with Gasteiger partial charge in [0.15, 0.2) is 0 Å². The summed E-state index contributed by atoms with van der Waals surface area (Å²) in [6.45, 7) is 2.01. The monoisotopic (exact) mass is 180 g/mol. The van der Waals surface area contributed by atoms with E-state index in [1.807, 2.05) is 6.92 Å². The van der Waals surface area contributed by atoms with E-state index < -0.39 is 0 Å². The zero-order valence-corrected chi connectivity index (χ0v) is 8.45. The Labute approximate surface area is 80.5 Å². The summed E-state index contributed by atoms with van der Waals surface area (Å²) >= 11 is 0. The molecule has 4 rings (SSSR count). The Morgan fingerprint density at radius 1 is 0.923 bits per heavy atom. The molecule has 0 aliphatic heterocycles. The van der Waals surface area contributed by atoms with Crippen molar-refractivity contribution in [2.45, 2.75) is 45.1 Å². The average Bonchev–Trinajstić information content (AvgIpc) is 2.00. The first-order chi connectivity index (χ1) is 6.24. The molecule has 4 fully saturated rings. The molecule has 0 spiro atoms. The maximum absolute atomic E-state index is 9.78. The summed E-state index contributed by atoms with van der Waals surface area (Å²) in [5, 5.41) is 9.78. The zero-order chi connectivity index (χ0) is 9.00. The summed E-state index contributed by atoms with van der Waals surface area (Å²) in [6.07, 6.45) is 7.20. The van der Waals surface area contributed by atoms with E-state index in [9.17, 15) is 5.11 Å². The minimum Gasteiger partial charge on any atom is -0.393 e. The van der Waals surface area contributed by atoms with Gasteiger partial charge in [-0.25, -0.2) is 0 Å². The molecule has 0 heterocycles. The van der Waals surface area contributed by atoms with Crippen LogP contribution in [0.2, 0.25) is 0 Å². The number of hydrogen-bond donors (Lipinski definition) is 1. The molecule has 0 aromatic carbocycles. The molecule has 0 unspecified atom stereocenters. The van der Waals surface area contributed by atoms with Crippen LogP contribution in [0.3, 0.4) is 0 Å². The van der Waals surface area contributed by atoms with Crippen LogP contribution in [-0.2, 0) is 0 Å². The van der Waals surface area contributed by atoms with Gasteiger partial charge in [0, 0.05) is 0 Å². The van der Waals surface area contributed by atoms with Crippen molar-refractivity contribution in [2.75, 3.05) is 0 Å². The highest BCUT2D eigenvalue weighted by atomic mass is 16.3. The van der Waals surface area contributed by atoms with Crippen LogP contribution >= 0.6 is 0 Å². The van der Waals surface area contributed by atoms with E-state index in [4.69, 9.17) is 0 Å². The average molecular weight is 180 g/mol. The van der Waals surface area contributed by atoms with E-state index in [0.717, 1.165) is 23.7 Å². The van der Waals surface area contributed by atoms with Gasteiger partial charge in [0.05, 0.1) is 6.10 Å². The summed E-state index contributed by atoms with van der Waals surface area (Å²) in [4.78, 5) is 0. The van der Waals surface area contributed by atoms with Crippen molar-refractivity contribution in [3.05, 3.63) is 0 Å². The fourth-order valence-electron chi connectivity index (χ4n) is 4.76. The third-order valence-electron chi connectivity index (χ3n) is 4.86. The maximum Gasteiger partial charge on any atom is 0.0545 e. The van der Waals surface area contributed by atoms with E-state index in [1.54, 1.807) is 0 Å². The molecule has 1 nitrogen and oxygen atoms in total. The summed E-state index contributed by atoms with van der Waals surface area (Å²) < 4.78 is 0. The number of aliphatic hydroxyl groups is 1. The molecular formula is C12H20O. The SMILES string of the molecule is C[C@H](O)C1C2CC3CC(C2)CC1C3. The molecule has 0 aromatic rings. The van der Waals surface area contributed by atoms with Crippen LogP contribution in [0.4, 0.5) is 0 Å². The predicted octanol–water partition coefficient (Wildman–Crippen LogP) is 2.44. The second kappa shape index (κ2) is 2.73. The molecule has 1 atom stereocenters. The summed E-state index contributed by atoms with van der Waals surface area (Å²) in [5.74, 6) is 4.51. The highest BCUT2D eigenvalue weighted by Crippen LogP contribution is 2.57. The van der Waals surface area contributed by atoms with Gasteiger partial charge in [0.25, 0.3) is 0 Å². The van der Waals surface area contributed by atoms with Gasteiger partial charge < -0.3 is 5.11 Å². The van der Waals surface area contributed by atoms with Crippen LogP contribution in [0.15, 0.2) is 0 Å². The standard InChI is InChI=1S/C12H20O/c1-7(13)12-10-3-8-2-9(5-10)6-11(12)4-8/h7-13H,2-6H2,1H3/t7-,8?,9?,10?,11?,12?/m0/s1. The third kappa shape index (κ3) is 1.16. The maximum atomic E-state index is 9.78. The van der Waals surface area contributed by atoms with Gasteiger partial charge in [-0.05, 0) is 68.6 Å². The van der Waals surface area contributed by atoms with Crippen LogP contribution in [-0.4, -0.2) is 11.2 Å². The summed E-state index contributed by atoms with van der Waals surface area (Å²) in [6, 6.07) is 0. The van der Waals surface area contributed by atoms with Crippen molar-refractivity contribution in [2.24, 2.45) is 29.6 Å². The lowest BCUT2D eigenvalue weighted by molar-refractivity contribution is -0.0838. The lowest BCUT2D eigenvalue weighted by atomic mass is 9.51. The Bertz CT molecular complexity index is 181. The van der Waals surface area contributed by atoms with Crippen molar-refractivity contribution in [3.8, 4) is 0 Å². The molecule has 1 N–H and O–H groups in total. The second-order valence-electron chi connectivity index (χ2n) is 5.75. The third-order valence-corrected chi connectivity index (χ3v) is 4.86. The zero-order valence-electron chi connectivity index (χ0n) is 8.45. The molecular weight excluding hydrogens is 160 g/mol. The van der Waals surface area contributed by atoms with Gasteiger partial charge in [-0.15, -0.1) is 0 Å². The van der Waals surface area contributed by atoms with E-state index in [2.05, 4.69) is 0 Å². The van der Waals surface area contributed by atoms with Crippen molar-refractivity contribution < 1.29 is 5.11 Å². The van der Waals surface area contributed by atoms with Crippen LogP contribution in [0, 0.1) is 29.6 Å². The number of aliphatic hydroxyl groups excluding tert-OH is 1. The van der Waals surface area contributed by atoms with Crippen LogP contribution in [0.1, 0.15) is 39.0 Å². The highest BCUT2D eigenvalue weighted by molar-refractivity contribution is 4.99. The quantitative estimate of drug-likeness (QED) is 0.657. The smallest absolute Gasteiger partial charge is 0.0545 e. The van der Waals surface area contributed by atoms with Crippen molar-refractivity contribution in [3.63, 3.8) is 0 Å². The molecule has 0 saturated heterocycles. The first-order valence-corrected chi connectivity index (χ1v) is 5.92. The molecule has 4 saturated carbocycles. The minimum atomic E-state index is -0.0463. The van der Waals surface area contributed by atoms with Gasteiger partial charge in [-0.3, -0.25) is 0 Å². The molecule has 4 aliphatic carbocycles. The Hall–Kier alpha value is -0.0400. The fraction of sp³-hybridized carbons (Fsp3) is 1.00. The molecule has 1 heteroatoms. The lowest BCUT2D eigenvalue weighted by Crippen LogP contribution is -2.48. The molecule has 74 valence electrons. The van der Waals surface area contributed by atoms with Crippen molar-refractivity contribution in [1.82, 2.24) is 0 Å². The van der Waals surface area contributed by atoms with Crippen LogP contribution < -0.4 is 0 Å². The molecule has 4 aliphatic rings. The van der Waals surface area contributed by atoms with Gasteiger partial charge in [0.1, 0.15) is 0 Å². The molecule has 13 heavy (non-hydrogen) atoms. The van der Waals surface area contributed by atoms with E-state index in [0.29, 0.717) is 5.92 Å². The molecule has 0 radical (unpaired) electrons. The number of rotatable bonds is 1. The normalized spacial score (nSPS) is 55.4. The van der Waals surface area contributed by atoms with E-state index >= 15 is 0 Å². The van der Waals surface area contributed by atoms with Gasteiger partial charge in [0.2, 0.25) is 0 Å². The topological polar surface area (TPSA) is 20.2 Å². The Balaban J connectivity index is 1.85. The Morgan fingerprint density at radius 2 is 1.38 bits per heavy atom. The van der Waals surface area contributed by atoms with E-state index in [1.165, 1.54) is 32.1 Å². The van der Waals surface area contributed by atoms with Crippen LogP contribution in [0.25, 0.3) is 0 Å². The Morgan fingerprint density at radius 3 is 1.77 bits per heavy atom. The van der Waals surface area contributed by atoms with Crippen molar-refractivity contribution in [1.29, 1.82) is 0 Å². The molecule has 0 amide bonds. The van der Waals surface area contributed by atoms with E-state index in [-0.39, 0.29) is 6.10 Å². The van der Waals surface area contributed by atoms with Crippen molar-refractivity contribution >= 4 is 0 Å². The Kier molecular flexibility index (Phi) is 1.74. The predicted molar refractivity (Wildman–Crippen MR) is 52.2 cm³/mol. The molecule has 4 bridgehead atoms. The molecule has 0 aromatic heterocycles. The fourth-order valence-corrected chi connectivity index (χ4v) is 4.76. The van der Waals surface area contributed by atoms with Crippen LogP contribution in [0.5, 0.6) is 0 Å². The van der Waals surface area contributed by atoms with Gasteiger partial charge >= 0.3 is 0 Å². The number of hydrogen-bond acceptors (Lipinski definition) is 1. The highest BCUT2D eigenvalue weighted by Gasteiger charge is 2.49. The minimum absolute atomic E-state index is 0.0463. The second-order valence-corrected chi connectivity index (χ2v) is 5.75. The summed E-state index contributed by atoms with van der Waals surface area (Å²) in [7, 11) is 0. The van der Waals surface area contributed by atoms with Gasteiger partial charge in [-0.1, -0.05) is 0 Å². The summed E-state index contributed by atoms with van der Waals surface area (Å²) in [5.41, 5.74) is 0. The largest absolute Gasteiger partial charge is 0.393 e. The van der Waals surface area contributed by atoms with Gasteiger partial charge in [-0.2, -0.15) is 0 Å². The first-order valence-electron chi connectivity index (χ1n) is 5.92.